The minimum absolute atomic E-state index is 0.0715. The number of carbonyl (C=O) groups excluding carboxylic acids is 2. The highest BCUT2D eigenvalue weighted by atomic mass is 16.2. The molecule has 0 saturated carbocycles. The number of hydrogen-bond acceptors (Lipinski definition) is 3. The third-order valence-electron chi connectivity index (χ3n) is 4.07. The van der Waals surface area contributed by atoms with Crippen LogP contribution in [0.4, 0.5) is 16.2 Å². The van der Waals surface area contributed by atoms with E-state index in [-0.39, 0.29) is 18.0 Å². The molecule has 0 bridgehead atoms. The lowest BCUT2D eigenvalue weighted by atomic mass is 10.1. The van der Waals surface area contributed by atoms with E-state index < -0.39 is 0 Å². The van der Waals surface area contributed by atoms with Gasteiger partial charge >= 0.3 is 6.03 Å². The number of aryl methyl sites for hydroxylation is 2. The van der Waals surface area contributed by atoms with Gasteiger partial charge in [0.2, 0.25) is 5.91 Å². The first-order valence-corrected chi connectivity index (χ1v) is 8.29. The van der Waals surface area contributed by atoms with E-state index in [0.29, 0.717) is 17.8 Å². The van der Waals surface area contributed by atoms with Gasteiger partial charge in [-0.3, -0.25) is 9.48 Å². The van der Waals surface area contributed by atoms with E-state index in [1.165, 1.54) is 0 Å². The molecule has 2 rings (SSSR count). The Morgan fingerprint density at radius 2 is 1.84 bits per heavy atom. The minimum Gasteiger partial charge on any atom is -0.331 e. The molecule has 7 nitrogen and oxygen atoms in total. The van der Waals surface area contributed by atoms with Gasteiger partial charge in [0.25, 0.3) is 0 Å². The van der Waals surface area contributed by atoms with Gasteiger partial charge in [-0.1, -0.05) is 13.0 Å². The topological polar surface area (TPSA) is 88.1 Å². The van der Waals surface area contributed by atoms with Crippen LogP contribution in [0.1, 0.15) is 43.3 Å². The van der Waals surface area contributed by atoms with Crippen LogP contribution in [0.15, 0.2) is 24.3 Å². The lowest BCUT2D eigenvalue weighted by Gasteiger charge is -2.16. The molecule has 0 aliphatic rings. The number of aromatic nitrogens is 2. The Balaban J connectivity index is 2.02. The van der Waals surface area contributed by atoms with Crippen LogP contribution in [-0.2, 0) is 11.8 Å². The summed E-state index contributed by atoms with van der Waals surface area (Å²) in [6, 6.07) is 6.57. The summed E-state index contributed by atoms with van der Waals surface area (Å²) in [4.78, 5) is 23.7. The number of urea groups is 1. The maximum Gasteiger partial charge on any atom is 0.319 e. The van der Waals surface area contributed by atoms with Gasteiger partial charge in [0.05, 0.1) is 11.7 Å². The van der Waals surface area contributed by atoms with Gasteiger partial charge in [-0.05, 0) is 39.0 Å². The van der Waals surface area contributed by atoms with Crippen molar-refractivity contribution in [1.82, 2.24) is 15.1 Å². The molecule has 3 amide bonds. The van der Waals surface area contributed by atoms with E-state index in [2.05, 4.69) is 21.0 Å². The Hall–Kier alpha value is -2.83. The summed E-state index contributed by atoms with van der Waals surface area (Å²) in [5.74, 6) is -0.0715. The number of anilines is 2. The summed E-state index contributed by atoms with van der Waals surface area (Å²) in [6.07, 6.45) is 0.402. The van der Waals surface area contributed by atoms with E-state index in [0.717, 1.165) is 17.0 Å². The maximum atomic E-state index is 12.3. The molecule has 0 aliphatic carbocycles. The molecule has 1 atom stereocenters. The molecule has 0 aliphatic heterocycles. The molecule has 0 radical (unpaired) electrons. The zero-order valence-electron chi connectivity index (χ0n) is 15.3. The van der Waals surface area contributed by atoms with Crippen molar-refractivity contribution in [3.63, 3.8) is 0 Å². The van der Waals surface area contributed by atoms with Crippen LogP contribution < -0.4 is 16.0 Å². The van der Waals surface area contributed by atoms with Gasteiger partial charge < -0.3 is 16.0 Å². The van der Waals surface area contributed by atoms with Crippen molar-refractivity contribution >= 4 is 23.3 Å². The standard InChI is InChI=1S/C18H25N5O2/c1-6-16(24)20-14-8-7-9-15(10-14)21-18(25)19-11(2)17-12(3)22-23(5)13(17)4/h7-11H,6H2,1-5H3,(H,20,24)(H2,19,21,25)/t11-/m0/s1. The second-order valence-corrected chi connectivity index (χ2v) is 6.01. The summed E-state index contributed by atoms with van der Waals surface area (Å²) in [5.41, 5.74) is 4.20. The fourth-order valence-electron chi connectivity index (χ4n) is 2.78. The normalized spacial score (nSPS) is 11.7. The van der Waals surface area contributed by atoms with Crippen molar-refractivity contribution in [2.45, 2.75) is 40.2 Å². The molecule has 1 aromatic heterocycles. The lowest BCUT2D eigenvalue weighted by Crippen LogP contribution is -2.31. The van der Waals surface area contributed by atoms with E-state index in [1.807, 2.05) is 27.8 Å². The maximum absolute atomic E-state index is 12.3. The third kappa shape index (κ3) is 4.59. The number of benzene rings is 1. The quantitative estimate of drug-likeness (QED) is 0.778. The second kappa shape index (κ2) is 7.83. The molecule has 0 spiro atoms. The predicted molar refractivity (Wildman–Crippen MR) is 98.6 cm³/mol. The van der Waals surface area contributed by atoms with Crippen LogP contribution in [0.5, 0.6) is 0 Å². The van der Waals surface area contributed by atoms with Crippen LogP contribution in [0, 0.1) is 13.8 Å². The number of nitrogens with one attached hydrogen (secondary N) is 3. The van der Waals surface area contributed by atoms with E-state index in [4.69, 9.17) is 0 Å². The van der Waals surface area contributed by atoms with Gasteiger partial charge in [0.15, 0.2) is 0 Å². The van der Waals surface area contributed by atoms with Crippen molar-refractivity contribution in [3.8, 4) is 0 Å². The van der Waals surface area contributed by atoms with Gasteiger partial charge in [-0.25, -0.2) is 4.79 Å². The highest BCUT2D eigenvalue weighted by molar-refractivity contribution is 5.93. The minimum atomic E-state index is -0.311. The van der Waals surface area contributed by atoms with Gasteiger partial charge in [0, 0.05) is 36.1 Å². The average molecular weight is 343 g/mol. The number of nitrogens with zero attached hydrogens (tertiary/aromatic N) is 2. The Bertz CT molecular complexity index is 782. The molecule has 0 unspecified atom stereocenters. The molecular weight excluding hydrogens is 318 g/mol. The number of carbonyl (C=O) groups is 2. The highest BCUT2D eigenvalue weighted by Crippen LogP contribution is 2.21. The molecule has 1 aromatic carbocycles. The van der Waals surface area contributed by atoms with Crippen molar-refractivity contribution in [1.29, 1.82) is 0 Å². The van der Waals surface area contributed by atoms with Crippen molar-refractivity contribution < 1.29 is 9.59 Å². The number of amides is 3. The van der Waals surface area contributed by atoms with Crippen LogP contribution in [0.2, 0.25) is 0 Å². The fraction of sp³-hybridized carbons (Fsp3) is 0.389. The summed E-state index contributed by atoms with van der Waals surface area (Å²) >= 11 is 0. The Morgan fingerprint density at radius 3 is 2.40 bits per heavy atom. The summed E-state index contributed by atoms with van der Waals surface area (Å²) in [5, 5.41) is 12.9. The van der Waals surface area contributed by atoms with Gasteiger partial charge in [0.1, 0.15) is 0 Å². The van der Waals surface area contributed by atoms with Crippen LogP contribution in [-0.4, -0.2) is 21.7 Å². The van der Waals surface area contributed by atoms with E-state index in [1.54, 1.807) is 35.9 Å². The SMILES string of the molecule is CCC(=O)Nc1cccc(NC(=O)N[C@@H](C)c2c(C)nn(C)c2C)c1. The predicted octanol–water partition coefficient (Wildman–Crippen LogP) is 3.27. The first kappa shape index (κ1) is 18.5. The molecule has 1 heterocycles. The van der Waals surface area contributed by atoms with E-state index >= 15 is 0 Å². The Kier molecular flexibility index (Phi) is 5.80. The second-order valence-electron chi connectivity index (χ2n) is 6.01. The summed E-state index contributed by atoms with van der Waals surface area (Å²) in [6.45, 7) is 7.62. The zero-order valence-corrected chi connectivity index (χ0v) is 15.3. The molecule has 25 heavy (non-hydrogen) atoms. The van der Waals surface area contributed by atoms with Crippen molar-refractivity contribution in [2.75, 3.05) is 10.6 Å². The third-order valence-corrected chi connectivity index (χ3v) is 4.07. The first-order chi connectivity index (χ1) is 11.8. The zero-order chi connectivity index (χ0) is 18.6. The Labute approximate surface area is 147 Å². The number of hydrogen-bond donors (Lipinski definition) is 3. The van der Waals surface area contributed by atoms with Crippen LogP contribution in [0.25, 0.3) is 0 Å². The molecule has 134 valence electrons. The van der Waals surface area contributed by atoms with Crippen LogP contribution in [0.3, 0.4) is 0 Å². The molecule has 7 heteroatoms. The van der Waals surface area contributed by atoms with Gasteiger partial charge in [-0.2, -0.15) is 5.10 Å². The van der Waals surface area contributed by atoms with Gasteiger partial charge in [-0.15, -0.1) is 0 Å². The average Bonchev–Trinajstić information content (AvgIpc) is 2.79. The largest absolute Gasteiger partial charge is 0.331 e. The molecule has 2 aromatic rings. The van der Waals surface area contributed by atoms with Crippen molar-refractivity contribution in [3.05, 3.63) is 41.2 Å². The Morgan fingerprint density at radius 1 is 1.20 bits per heavy atom. The lowest BCUT2D eigenvalue weighted by molar-refractivity contribution is -0.115. The highest BCUT2D eigenvalue weighted by Gasteiger charge is 2.18. The molecule has 3 N–H and O–H groups in total. The first-order valence-electron chi connectivity index (χ1n) is 8.29. The number of rotatable bonds is 5. The van der Waals surface area contributed by atoms with Crippen molar-refractivity contribution in [2.24, 2.45) is 7.05 Å². The van der Waals surface area contributed by atoms with E-state index in [9.17, 15) is 9.59 Å². The molecular formula is C18H25N5O2. The summed E-state index contributed by atoms with van der Waals surface area (Å²) < 4.78 is 1.81. The smallest absolute Gasteiger partial charge is 0.319 e. The monoisotopic (exact) mass is 343 g/mol. The van der Waals surface area contributed by atoms with Crippen LogP contribution >= 0.6 is 0 Å². The fourth-order valence-corrected chi connectivity index (χ4v) is 2.78. The summed E-state index contributed by atoms with van der Waals surface area (Å²) in [7, 11) is 1.88. The molecule has 0 saturated heterocycles. The molecule has 0 fully saturated rings.